The summed E-state index contributed by atoms with van der Waals surface area (Å²) in [5, 5.41) is 0. The molecule has 0 aliphatic carbocycles. The van der Waals surface area contributed by atoms with Gasteiger partial charge in [0.2, 0.25) is 0 Å². The van der Waals surface area contributed by atoms with Crippen LogP contribution in [0.3, 0.4) is 0 Å². The number of hydrogen-bond donors (Lipinski definition) is 1. The molecule has 19 heavy (non-hydrogen) atoms. The summed E-state index contributed by atoms with van der Waals surface area (Å²) in [4.78, 5) is 0. The first-order valence-electron chi connectivity index (χ1n) is 6.72. The van der Waals surface area contributed by atoms with Gasteiger partial charge < -0.3 is 10.5 Å². The highest BCUT2D eigenvalue weighted by Crippen LogP contribution is 2.34. The molecule has 0 radical (unpaired) electrons. The van der Waals surface area contributed by atoms with Gasteiger partial charge in [0.05, 0.1) is 6.04 Å². The molecule has 2 aromatic rings. The predicted molar refractivity (Wildman–Crippen MR) is 77.4 cm³/mol. The van der Waals surface area contributed by atoms with Gasteiger partial charge in [-0.05, 0) is 36.6 Å². The SMILES string of the molecule is Cc1ccc(C)c(C(N)C2Cc3ccccc3O2)c1. The van der Waals surface area contributed by atoms with Gasteiger partial charge in [-0.1, -0.05) is 42.0 Å². The zero-order valence-corrected chi connectivity index (χ0v) is 11.4. The Hall–Kier alpha value is -1.80. The summed E-state index contributed by atoms with van der Waals surface area (Å²) in [6.45, 7) is 4.21. The van der Waals surface area contributed by atoms with E-state index in [4.69, 9.17) is 10.5 Å². The molecule has 2 nitrogen and oxygen atoms in total. The number of ether oxygens (including phenoxy) is 1. The fraction of sp³-hybridized carbons (Fsp3) is 0.294. The summed E-state index contributed by atoms with van der Waals surface area (Å²) in [6, 6.07) is 14.5. The lowest BCUT2D eigenvalue weighted by molar-refractivity contribution is 0.199. The fourth-order valence-corrected chi connectivity index (χ4v) is 2.73. The Kier molecular flexibility index (Phi) is 3.03. The average molecular weight is 253 g/mol. The summed E-state index contributed by atoms with van der Waals surface area (Å²) < 4.78 is 5.99. The molecule has 1 heterocycles. The molecule has 2 N–H and O–H groups in total. The maximum atomic E-state index is 6.42. The molecule has 2 aromatic carbocycles. The van der Waals surface area contributed by atoms with Crippen LogP contribution in [0.2, 0.25) is 0 Å². The van der Waals surface area contributed by atoms with Crippen molar-refractivity contribution in [2.45, 2.75) is 32.4 Å². The Morgan fingerprint density at radius 1 is 1.16 bits per heavy atom. The molecule has 0 saturated heterocycles. The first-order chi connectivity index (χ1) is 9.15. The Balaban J connectivity index is 1.87. The molecule has 1 aliphatic heterocycles. The minimum Gasteiger partial charge on any atom is -0.488 e. The van der Waals surface area contributed by atoms with Crippen LogP contribution in [0, 0.1) is 13.8 Å². The van der Waals surface area contributed by atoms with E-state index >= 15 is 0 Å². The van der Waals surface area contributed by atoms with Crippen molar-refractivity contribution in [3.63, 3.8) is 0 Å². The molecule has 2 heteroatoms. The van der Waals surface area contributed by atoms with E-state index in [0.29, 0.717) is 0 Å². The van der Waals surface area contributed by atoms with Crippen LogP contribution in [0.4, 0.5) is 0 Å². The van der Waals surface area contributed by atoms with Crippen LogP contribution >= 0.6 is 0 Å². The van der Waals surface area contributed by atoms with Crippen LogP contribution in [-0.2, 0) is 6.42 Å². The van der Waals surface area contributed by atoms with Gasteiger partial charge >= 0.3 is 0 Å². The molecule has 0 spiro atoms. The van der Waals surface area contributed by atoms with Crippen molar-refractivity contribution in [3.8, 4) is 5.75 Å². The molecule has 0 saturated carbocycles. The average Bonchev–Trinajstić information content (AvgIpc) is 2.84. The molecule has 0 amide bonds. The smallest absolute Gasteiger partial charge is 0.123 e. The zero-order chi connectivity index (χ0) is 13.4. The quantitative estimate of drug-likeness (QED) is 0.891. The first-order valence-corrected chi connectivity index (χ1v) is 6.72. The summed E-state index contributed by atoms with van der Waals surface area (Å²) in [5.41, 5.74) is 11.4. The Labute approximate surface area is 114 Å². The molecule has 3 rings (SSSR count). The molecule has 2 atom stereocenters. The fourth-order valence-electron chi connectivity index (χ4n) is 2.73. The van der Waals surface area contributed by atoms with Crippen LogP contribution < -0.4 is 10.5 Å². The monoisotopic (exact) mass is 253 g/mol. The summed E-state index contributed by atoms with van der Waals surface area (Å²) in [6.07, 6.45) is 0.933. The lowest BCUT2D eigenvalue weighted by Crippen LogP contribution is -2.30. The van der Waals surface area contributed by atoms with Gasteiger partial charge in [-0.3, -0.25) is 0 Å². The predicted octanol–water partition coefficient (Wildman–Crippen LogP) is 3.31. The van der Waals surface area contributed by atoms with E-state index in [0.717, 1.165) is 12.2 Å². The lowest BCUT2D eigenvalue weighted by atomic mass is 9.94. The van der Waals surface area contributed by atoms with Crippen molar-refractivity contribution < 1.29 is 4.74 Å². The maximum absolute atomic E-state index is 6.42. The minimum atomic E-state index is -0.0766. The standard InChI is InChI=1S/C17H19NO/c1-11-7-8-12(2)14(9-11)17(18)16-10-13-5-3-4-6-15(13)19-16/h3-9,16-17H,10,18H2,1-2H3. The van der Waals surface area contributed by atoms with Gasteiger partial charge in [0, 0.05) is 6.42 Å². The van der Waals surface area contributed by atoms with Crippen molar-refractivity contribution in [2.24, 2.45) is 5.73 Å². The van der Waals surface area contributed by atoms with Crippen molar-refractivity contribution in [1.29, 1.82) is 0 Å². The van der Waals surface area contributed by atoms with E-state index in [9.17, 15) is 0 Å². The summed E-state index contributed by atoms with van der Waals surface area (Å²) in [7, 11) is 0. The lowest BCUT2D eigenvalue weighted by Gasteiger charge is -2.21. The van der Waals surface area contributed by atoms with Crippen LogP contribution in [-0.4, -0.2) is 6.10 Å². The topological polar surface area (TPSA) is 35.2 Å². The molecule has 0 fully saturated rings. The molecule has 0 bridgehead atoms. The van der Waals surface area contributed by atoms with E-state index < -0.39 is 0 Å². The van der Waals surface area contributed by atoms with Crippen LogP contribution in [0.25, 0.3) is 0 Å². The number of rotatable bonds is 2. The van der Waals surface area contributed by atoms with Crippen molar-refractivity contribution >= 4 is 0 Å². The van der Waals surface area contributed by atoms with E-state index in [1.165, 1.54) is 22.3 Å². The number of para-hydroxylation sites is 1. The Bertz CT molecular complexity index is 581. The third kappa shape index (κ3) is 2.24. The number of aryl methyl sites for hydroxylation is 2. The van der Waals surface area contributed by atoms with Crippen molar-refractivity contribution in [3.05, 3.63) is 64.7 Å². The van der Waals surface area contributed by atoms with Crippen LogP contribution in [0.1, 0.15) is 28.3 Å². The maximum Gasteiger partial charge on any atom is 0.123 e. The third-order valence-corrected chi connectivity index (χ3v) is 3.87. The summed E-state index contributed by atoms with van der Waals surface area (Å²) in [5.74, 6) is 0.980. The second-order valence-corrected chi connectivity index (χ2v) is 5.35. The van der Waals surface area contributed by atoms with E-state index in [1.54, 1.807) is 0 Å². The number of hydrogen-bond acceptors (Lipinski definition) is 2. The highest BCUT2D eigenvalue weighted by atomic mass is 16.5. The highest BCUT2D eigenvalue weighted by Gasteiger charge is 2.29. The largest absolute Gasteiger partial charge is 0.488 e. The van der Waals surface area contributed by atoms with Gasteiger partial charge in [0.25, 0.3) is 0 Å². The molecule has 1 aliphatic rings. The van der Waals surface area contributed by atoms with E-state index in [2.05, 4.69) is 38.1 Å². The second-order valence-electron chi connectivity index (χ2n) is 5.35. The molecule has 98 valence electrons. The normalized spacial score (nSPS) is 18.8. The van der Waals surface area contributed by atoms with Crippen molar-refractivity contribution in [1.82, 2.24) is 0 Å². The number of nitrogens with two attached hydrogens (primary N) is 1. The number of fused-ring (bicyclic) bond motifs is 1. The molecule has 2 unspecified atom stereocenters. The molecular formula is C17H19NO. The highest BCUT2D eigenvalue weighted by molar-refractivity contribution is 5.40. The minimum absolute atomic E-state index is 0.0397. The van der Waals surface area contributed by atoms with E-state index in [-0.39, 0.29) is 12.1 Å². The second kappa shape index (κ2) is 4.71. The zero-order valence-electron chi connectivity index (χ0n) is 11.4. The third-order valence-electron chi connectivity index (χ3n) is 3.87. The van der Waals surface area contributed by atoms with E-state index in [1.807, 2.05) is 18.2 Å². The van der Waals surface area contributed by atoms with Gasteiger partial charge in [-0.15, -0.1) is 0 Å². The van der Waals surface area contributed by atoms with Gasteiger partial charge in [0.1, 0.15) is 11.9 Å². The van der Waals surface area contributed by atoms with Gasteiger partial charge in [-0.2, -0.15) is 0 Å². The van der Waals surface area contributed by atoms with Crippen LogP contribution in [0.15, 0.2) is 42.5 Å². The van der Waals surface area contributed by atoms with Gasteiger partial charge in [-0.25, -0.2) is 0 Å². The van der Waals surface area contributed by atoms with Crippen molar-refractivity contribution in [2.75, 3.05) is 0 Å². The van der Waals surface area contributed by atoms with Gasteiger partial charge in [0.15, 0.2) is 0 Å². The molecule has 0 aromatic heterocycles. The Morgan fingerprint density at radius 3 is 2.74 bits per heavy atom. The van der Waals surface area contributed by atoms with Crippen LogP contribution in [0.5, 0.6) is 5.75 Å². The first kappa shape index (κ1) is 12.2. The number of benzene rings is 2. The molecular weight excluding hydrogens is 234 g/mol. The Morgan fingerprint density at radius 2 is 1.95 bits per heavy atom. The summed E-state index contributed by atoms with van der Waals surface area (Å²) >= 11 is 0.